The molecule has 1 saturated heterocycles. The molecule has 11 heteroatoms. The number of sulfone groups is 1. The van der Waals surface area contributed by atoms with Crippen molar-refractivity contribution in [1.82, 2.24) is 19.8 Å². The predicted molar refractivity (Wildman–Crippen MR) is 101 cm³/mol. The predicted octanol–water partition coefficient (Wildman–Crippen LogP) is 1.05. The van der Waals surface area contributed by atoms with Gasteiger partial charge in [0.15, 0.2) is 15.7 Å². The molecule has 1 aromatic carbocycles. The van der Waals surface area contributed by atoms with Crippen molar-refractivity contribution in [2.24, 2.45) is 0 Å². The molecule has 0 bridgehead atoms. The molecular weight excluding hydrogens is 398 g/mol. The second-order valence-electron chi connectivity index (χ2n) is 6.03. The van der Waals surface area contributed by atoms with E-state index in [1.807, 2.05) is 0 Å². The number of hydrogen-bond acceptors (Lipinski definition) is 7. The number of thioether (sulfide) groups is 1. The highest BCUT2D eigenvalue weighted by molar-refractivity contribution is 7.99. The molecule has 1 aliphatic rings. The fraction of sp³-hybridized carbons (Fsp3) is 0.400. The summed E-state index contributed by atoms with van der Waals surface area (Å²) >= 11 is 7.03. The molecule has 0 spiro atoms. The molecular formula is C15H18ClN5O3S2. The van der Waals surface area contributed by atoms with Crippen molar-refractivity contribution in [3.63, 3.8) is 0 Å². The monoisotopic (exact) mass is 415 g/mol. The number of hydrogen-bond donors (Lipinski definition) is 1. The van der Waals surface area contributed by atoms with Gasteiger partial charge in [-0.3, -0.25) is 4.79 Å². The van der Waals surface area contributed by atoms with Gasteiger partial charge in [-0.25, -0.2) is 13.1 Å². The molecule has 0 saturated carbocycles. The molecule has 8 nitrogen and oxygen atoms in total. The van der Waals surface area contributed by atoms with Gasteiger partial charge in [-0.1, -0.05) is 23.4 Å². The summed E-state index contributed by atoms with van der Waals surface area (Å²) in [5.41, 5.74) is 0.760. The Labute approximate surface area is 160 Å². The molecule has 0 radical (unpaired) electrons. The minimum atomic E-state index is -3.03. The second kappa shape index (κ2) is 7.45. The van der Waals surface area contributed by atoms with Crippen LogP contribution in [0, 0.1) is 0 Å². The van der Waals surface area contributed by atoms with Crippen molar-refractivity contribution in [2.45, 2.75) is 17.6 Å². The van der Waals surface area contributed by atoms with E-state index in [2.05, 4.69) is 10.2 Å². The first-order chi connectivity index (χ1) is 12.3. The molecule has 1 aromatic heterocycles. The quantitative estimate of drug-likeness (QED) is 0.573. The molecule has 26 heavy (non-hydrogen) atoms. The number of rotatable bonds is 5. The van der Waals surface area contributed by atoms with E-state index in [1.54, 1.807) is 31.3 Å². The minimum Gasteiger partial charge on any atom is -0.341 e. The lowest BCUT2D eigenvalue weighted by Crippen LogP contribution is -2.38. The highest BCUT2D eigenvalue weighted by Crippen LogP contribution is 2.24. The lowest BCUT2D eigenvalue weighted by molar-refractivity contribution is -0.128. The second-order valence-corrected chi connectivity index (χ2v) is 9.64. The average Bonchev–Trinajstić information content (AvgIpc) is 3.15. The molecule has 1 fully saturated rings. The van der Waals surface area contributed by atoms with Gasteiger partial charge in [0.05, 0.1) is 17.3 Å². The van der Waals surface area contributed by atoms with Crippen LogP contribution in [0.1, 0.15) is 6.42 Å². The largest absolute Gasteiger partial charge is 0.341 e. The Morgan fingerprint density at radius 2 is 2.08 bits per heavy atom. The Bertz CT molecular complexity index is 914. The molecule has 140 valence electrons. The van der Waals surface area contributed by atoms with Crippen molar-refractivity contribution >= 4 is 39.1 Å². The van der Waals surface area contributed by atoms with E-state index in [0.29, 0.717) is 22.4 Å². The van der Waals surface area contributed by atoms with Crippen LogP contribution in [0.5, 0.6) is 0 Å². The number of carbonyl (C=O) groups excluding carboxylic acids is 1. The summed E-state index contributed by atoms with van der Waals surface area (Å²) in [5, 5.41) is 9.08. The van der Waals surface area contributed by atoms with Crippen LogP contribution in [-0.4, -0.2) is 64.4 Å². The molecule has 0 aliphatic carbocycles. The van der Waals surface area contributed by atoms with Crippen molar-refractivity contribution in [3.05, 3.63) is 29.3 Å². The number of nitrogen functional groups attached to an aromatic ring is 1. The van der Waals surface area contributed by atoms with Gasteiger partial charge in [0.25, 0.3) is 0 Å². The summed E-state index contributed by atoms with van der Waals surface area (Å²) in [7, 11) is -1.41. The Kier molecular flexibility index (Phi) is 5.44. The Morgan fingerprint density at radius 3 is 2.69 bits per heavy atom. The summed E-state index contributed by atoms with van der Waals surface area (Å²) in [6.07, 6.45) is 0.475. The van der Waals surface area contributed by atoms with E-state index in [-0.39, 0.29) is 29.2 Å². The summed E-state index contributed by atoms with van der Waals surface area (Å²) in [6.45, 7) is 0. The number of nitrogens with two attached hydrogens (primary N) is 1. The molecule has 1 amide bonds. The van der Waals surface area contributed by atoms with Gasteiger partial charge in [0.2, 0.25) is 11.1 Å². The number of benzene rings is 1. The first-order valence-corrected chi connectivity index (χ1v) is 11.0. The van der Waals surface area contributed by atoms with Crippen LogP contribution >= 0.6 is 23.4 Å². The third-order valence-corrected chi connectivity index (χ3v) is 7.17. The van der Waals surface area contributed by atoms with Crippen LogP contribution in [0.25, 0.3) is 11.4 Å². The van der Waals surface area contributed by atoms with Crippen LogP contribution in [0.3, 0.4) is 0 Å². The first kappa shape index (κ1) is 19.0. The van der Waals surface area contributed by atoms with Gasteiger partial charge in [-0.2, -0.15) is 0 Å². The third kappa shape index (κ3) is 4.13. The van der Waals surface area contributed by atoms with Crippen molar-refractivity contribution in [2.75, 3.05) is 30.1 Å². The highest BCUT2D eigenvalue weighted by atomic mass is 35.5. The fourth-order valence-electron chi connectivity index (χ4n) is 2.68. The zero-order valence-corrected chi connectivity index (χ0v) is 16.4. The molecule has 1 atom stereocenters. The SMILES string of the molecule is CN(C(=O)CSc1nnc(-c2ccc(Cl)cc2)n1N)[C@@H]1CCS(=O)(=O)C1. The van der Waals surface area contributed by atoms with E-state index in [1.165, 1.54) is 9.58 Å². The van der Waals surface area contributed by atoms with Crippen molar-refractivity contribution in [3.8, 4) is 11.4 Å². The molecule has 2 aromatic rings. The number of amides is 1. The van der Waals surface area contributed by atoms with Crippen LogP contribution in [0.4, 0.5) is 0 Å². The van der Waals surface area contributed by atoms with Crippen LogP contribution < -0.4 is 5.84 Å². The van der Waals surface area contributed by atoms with E-state index in [9.17, 15) is 13.2 Å². The molecule has 2 N–H and O–H groups in total. The molecule has 2 heterocycles. The van der Waals surface area contributed by atoms with Gasteiger partial charge < -0.3 is 10.7 Å². The maximum atomic E-state index is 12.3. The Hall–Kier alpha value is -1.78. The Morgan fingerprint density at radius 1 is 1.38 bits per heavy atom. The van der Waals surface area contributed by atoms with E-state index < -0.39 is 9.84 Å². The number of aromatic nitrogens is 3. The molecule has 0 unspecified atom stereocenters. The van der Waals surface area contributed by atoms with Crippen molar-refractivity contribution in [1.29, 1.82) is 0 Å². The van der Waals surface area contributed by atoms with Crippen LogP contribution in [-0.2, 0) is 14.6 Å². The van der Waals surface area contributed by atoms with Gasteiger partial charge in [0, 0.05) is 23.7 Å². The van der Waals surface area contributed by atoms with E-state index >= 15 is 0 Å². The topological polar surface area (TPSA) is 111 Å². The lowest BCUT2D eigenvalue weighted by atomic mass is 10.2. The zero-order valence-electron chi connectivity index (χ0n) is 14.0. The lowest BCUT2D eigenvalue weighted by Gasteiger charge is -2.23. The molecule has 3 rings (SSSR count). The summed E-state index contributed by atoms with van der Waals surface area (Å²) in [5.74, 6) is 6.57. The fourth-order valence-corrected chi connectivity index (χ4v) is 5.36. The van der Waals surface area contributed by atoms with Crippen molar-refractivity contribution < 1.29 is 13.2 Å². The molecule has 1 aliphatic heterocycles. The Balaban J connectivity index is 1.63. The standard InChI is InChI=1S/C15H18ClN5O3S2/c1-20(12-6-7-26(23,24)9-12)13(22)8-25-15-19-18-14(21(15)17)10-2-4-11(16)5-3-10/h2-5,12H,6-9,17H2,1H3/t12-/m1/s1. The number of carbonyl (C=O) groups is 1. The highest BCUT2D eigenvalue weighted by Gasteiger charge is 2.32. The summed E-state index contributed by atoms with van der Waals surface area (Å²) in [4.78, 5) is 13.8. The van der Waals surface area contributed by atoms with E-state index in [0.717, 1.165) is 17.3 Å². The van der Waals surface area contributed by atoms with Gasteiger partial charge >= 0.3 is 0 Å². The van der Waals surface area contributed by atoms with Gasteiger partial charge in [-0.15, -0.1) is 10.2 Å². The maximum Gasteiger partial charge on any atom is 0.233 e. The summed E-state index contributed by atoms with van der Waals surface area (Å²) < 4.78 is 24.4. The van der Waals surface area contributed by atoms with Gasteiger partial charge in [-0.05, 0) is 30.7 Å². The van der Waals surface area contributed by atoms with E-state index in [4.69, 9.17) is 17.4 Å². The number of halogens is 1. The smallest absolute Gasteiger partial charge is 0.233 e. The maximum absolute atomic E-state index is 12.3. The van der Waals surface area contributed by atoms with Crippen LogP contribution in [0.2, 0.25) is 5.02 Å². The normalized spacial score (nSPS) is 18.8. The third-order valence-electron chi connectivity index (χ3n) is 4.24. The number of nitrogens with zero attached hydrogens (tertiary/aromatic N) is 4. The minimum absolute atomic E-state index is 0.0215. The van der Waals surface area contributed by atoms with Gasteiger partial charge in [0.1, 0.15) is 0 Å². The zero-order chi connectivity index (χ0) is 18.9. The van der Waals surface area contributed by atoms with Crippen LogP contribution in [0.15, 0.2) is 29.4 Å². The first-order valence-electron chi connectivity index (χ1n) is 7.82. The summed E-state index contributed by atoms with van der Waals surface area (Å²) in [6, 6.07) is 6.75. The average molecular weight is 416 g/mol.